The second kappa shape index (κ2) is 7.78. The number of nitrogens with zero attached hydrogens (tertiary/aromatic N) is 1. The topological polar surface area (TPSA) is 83.7 Å². The fraction of sp³-hybridized carbons (Fsp3) is 0.188. The number of amides is 2. The van der Waals surface area contributed by atoms with Crippen molar-refractivity contribution in [2.45, 2.75) is 19.8 Å². The van der Waals surface area contributed by atoms with E-state index in [1.54, 1.807) is 12.1 Å². The standard InChI is InChI=1S/C16H17N3O3/c1-12-4-6-13(7-5-12)18-15(20)8-9-16(21)19-17-11-14-3-2-10-22-14/h2-7,10-11H,8-9H2,1H3,(H,18,20)(H,19,21). The van der Waals surface area contributed by atoms with Gasteiger partial charge >= 0.3 is 0 Å². The Labute approximate surface area is 128 Å². The molecule has 0 unspecified atom stereocenters. The van der Waals surface area contributed by atoms with Crippen LogP contribution < -0.4 is 10.7 Å². The number of rotatable bonds is 6. The first-order chi connectivity index (χ1) is 10.6. The third kappa shape index (κ3) is 5.24. The number of hydrogen-bond donors (Lipinski definition) is 2. The van der Waals surface area contributed by atoms with Gasteiger partial charge in [0.25, 0.3) is 0 Å². The first-order valence-corrected chi connectivity index (χ1v) is 6.85. The predicted molar refractivity (Wildman–Crippen MR) is 83.5 cm³/mol. The van der Waals surface area contributed by atoms with Gasteiger partial charge in [0.2, 0.25) is 11.8 Å². The molecule has 0 aliphatic rings. The van der Waals surface area contributed by atoms with Crippen LogP contribution in [0.3, 0.4) is 0 Å². The summed E-state index contributed by atoms with van der Waals surface area (Å²) in [7, 11) is 0. The molecule has 114 valence electrons. The Morgan fingerprint density at radius 3 is 2.55 bits per heavy atom. The number of hydrogen-bond acceptors (Lipinski definition) is 4. The van der Waals surface area contributed by atoms with E-state index in [0.29, 0.717) is 11.4 Å². The summed E-state index contributed by atoms with van der Waals surface area (Å²) in [5.74, 6) is -0.00621. The van der Waals surface area contributed by atoms with E-state index in [1.807, 2.05) is 31.2 Å². The molecule has 2 N–H and O–H groups in total. The lowest BCUT2D eigenvalue weighted by Crippen LogP contribution is -2.20. The summed E-state index contributed by atoms with van der Waals surface area (Å²) in [5.41, 5.74) is 4.17. The van der Waals surface area contributed by atoms with E-state index < -0.39 is 0 Å². The van der Waals surface area contributed by atoms with Crippen molar-refractivity contribution in [1.29, 1.82) is 0 Å². The van der Waals surface area contributed by atoms with Gasteiger partial charge in [-0.3, -0.25) is 9.59 Å². The van der Waals surface area contributed by atoms with Crippen LogP contribution in [0.25, 0.3) is 0 Å². The molecule has 0 aliphatic carbocycles. The molecule has 0 bridgehead atoms. The minimum absolute atomic E-state index is 0.0627. The zero-order valence-corrected chi connectivity index (χ0v) is 12.2. The molecule has 1 heterocycles. The first kappa shape index (κ1) is 15.5. The van der Waals surface area contributed by atoms with Gasteiger partial charge in [-0.15, -0.1) is 0 Å². The van der Waals surface area contributed by atoms with E-state index in [4.69, 9.17) is 4.42 Å². The number of carbonyl (C=O) groups is 2. The molecule has 22 heavy (non-hydrogen) atoms. The van der Waals surface area contributed by atoms with E-state index in [1.165, 1.54) is 12.5 Å². The molecular weight excluding hydrogens is 282 g/mol. The summed E-state index contributed by atoms with van der Waals surface area (Å²) < 4.78 is 5.02. The molecule has 0 atom stereocenters. The fourth-order valence-corrected chi connectivity index (χ4v) is 1.68. The Morgan fingerprint density at radius 2 is 1.86 bits per heavy atom. The zero-order valence-electron chi connectivity index (χ0n) is 12.2. The zero-order chi connectivity index (χ0) is 15.8. The average Bonchev–Trinajstić information content (AvgIpc) is 3.01. The van der Waals surface area contributed by atoms with Crippen LogP contribution >= 0.6 is 0 Å². The van der Waals surface area contributed by atoms with Crippen molar-refractivity contribution in [2.75, 3.05) is 5.32 Å². The molecule has 1 aromatic heterocycles. The third-order valence-electron chi connectivity index (χ3n) is 2.84. The van der Waals surface area contributed by atoms with Gasteiger partial charge in [-0.05, 0) is 31.2 Å². The Kier molecular flexibility index (Phi) is 5.48. The lowest BCUT2D eigenvalue weighted by Gasteiger charge is -2.05. The Morgan fingerprint density at radius 1 is 1.14 bits per heavy atom. The van der Waals surface area contributed by atoms with Crippen molar-refractivity contribution in [1.82, 2.24) is 5.43 Å². The molecule has 6 heteroatoms. The van der Waals surface area contributed by atoms with Gasteiger partial charge in [-0.1, -0.05) is 17.7 Å². The van der Waals surface area contributed by atoms with Crippen LogP contribution in [0.4, 0.5) is 5.69 Å². The molecule has 0 radical (unpaired) electrons. The first-order valence-electron chi connectivity index (χ1n) is 6.85. The summed E-state index contributed by atoms with van der Waals surface area (Å²) in [6.07, 6.45) is 3.06. The number of carbonyl (C=O) groups excluding carboxylic acids is 2. The fourth-order valence-electron chi connectivity index (χ4n) is 1.68. The Balaban J connectivity index is 1.69. The second-order valence-electron chi connectivity index (χ2n) is 4.72. The lowest BCUT2D eigenvalue weighted by atomic mass is 10.2. The van der Waals surface area contributed by atoms with Crippen LogP contribution in [-0.2, 0) is 9.59 Å². The molecule has 2 rings (SSSR count). The normalized spacial score (nSPS) is 10.6. The molecular formula is C16H17N3O3. The van der Waals surface area contributed by atoms with Gasteiger partial charge in [0.1, 0.15) is 5.76 Å². The Hall–Kier alpha value is -2.89. The van der Waals surface area contributed by atoms with E-state index in [2.05, 4.69) is 15.8 Å². The van der Waals surface area contributed by atoms with Crippen LogP contribution in [0.15, 0.2) is 52.2 Å². The second-order valence-corrected chi connectivity index (χ2v) is 4.72. The van der Waals surface area contributed by atoms with Crippen LogP contribution in [0.5, 0.6) is 0 Å². The average molecular weight is 299 g/mol. The third-order valence-corrected chi connectivity index (χ3v) is 2.84. The minimum atomic E-state index is -0.332. The largest absolute Gasteiger partial charge is 0.463 e. The van der Waals surface area contributed by atoms with E-state index in [-0.39, 0.29) is 24.7 Å². The van der Waals surface area contributed by atoms with E-state index in [0.717, 1.165) is 5.56 Å². The van der Waals surface area contributed by atoms with Crippen molar-refractivity contribution in [2.24, 2.45) is 5.10 Å². The predicted octanol–water partition coefficient (Wildman–Crippen LogP) is 2.46. The molecule has 0 saturated heterocycles. The van der Waals surface area contributed by atoms with Gasteiger partial charge in [-0.25, -0.2) is 5.43 Å². The monoisotopic (exact) mass is 299 g/mol. The summed E-state index contributed by atoms with van der Waals surface area (Å²) in [5, 5.41) is 6.47. The number of hydrazone groups is 1. The van der Waals surface area contributed by atoms with Gasteiger partial charge < -0.3 is 9.73 Å². The highest BCUT2D eigenvalue weighted by molar-refractivity contribution is 5.93. The maximum atomic E-state index is 11.7. The molecule has 2 aromatic rings. The highest BCUT2D eigenvalue weighted by atomic mass is 16.3. The number of aryl methyl sites for hydroxylation is 1. The summed E-state index contributed by atoms with van der Waals surface area (Å²) in [6.45, 7) is 1.97. The van der Waals surface area contributed by atoms with Crippen molar-refractivity contribution >= 4 is 23.7 Å². The van der Waals surface area contributed by atoms with Gasteiger partial charge in [-0.2, -0.15) is 5.10 Å². The van der Waals surface area contributed by atoms with Gasteiger partial charge in [0.15, 0.2) is 0 Å². The lowest BCUT2D eigenvalue weighted by molar-refractivity contribution is -0.124. The van der Waals surface area contributed by atoms with Crippen LogP contribution in [0, 0.1) is 6.92 Å². The van der Waals surface area contributed by atoms with Crippen LogP contribution in [0.2, 0.25) is 0 Å². The smallest absolute Gasteiger partial charge is 0.240 e. The molecule has 0 aliphatic heterocycles. The van der Waals surface area contributed by atoms with Crippen molar-refractivity contribution in [3.05, 3.63) is 54.0 Å². The van der Waals surface area contributed by atoms with E-state index in [9.17, 15) is 9.59 Å². The summed E-state index contributed by atoms with van der Waals surface area (Å²) in [6, 6.07) is 10.9. The van der Waals surface area contributed by atoms with Gasteiger partial charge in [0, 0.05) is 18.5 Å². The van der Waals surface area contributed by atoms with Crippen LogP contribution in [-0.4, -0.2) is 18.0 Å². The number of furan rings is 1. The molecule has 6 nitrogen and oxygen atoms in total. The maximum Gasteiger partial charge on any atom is 0.240 e. The molecule has 2 amide bonds. The number of benzene rings is 1. The Bertz CT molecular complexity index is 646. The molecule has 0 spiro atoms. The highest BCUT2D eigenvalue weighted by Gasteiger charge is 2.06. The van der Waals surface area contributed by atoms with E-state index >= 15 is 0 Å². The summed E-state index contributed by atoms with van der Waals surface area (Å²) >= 11 is 0. The SMILES string of the molecule is Cc1ccc(NC(=O)CCC(=O)NN=Cc2ccco2)cc1. The minimum Gasteiger partial charge on any atom is -0.463 e. The molecule has 1 aromatic carbocycles. The van der Waals surface area contributed by atoms with Gasteiger partial charge in [0.05, 0.1) is 12.5 Å². The van der Waals surface area contributed by atoms with Crippen molar-refractivity contribution in [3.8, 4) is 0 Å². The highest BCUT2D eigenvalue weighted by Crippen LogP contribution is 2.09. The van der Waals surface area contributed by atoms with Crippen molar-refractivity contribution < 1.29 is 14.0 Å². The number of nitrogens with one attached hydrogen (secondary N) is 2. The maximum absolute atomic E-state index is 11.7. The number of anilines is 1. The quantitative estimate of drug-likeness (QED) is 0.635. The van der Waals surface area contributed by atoms with Crippen molar-refractivity contribution in [3.63, 3.8) is 0 Å². The molecule has 0 fully saturated rings. The molecule has 0 saturated carbocycles. The van der Waals surface area contributed by atoms with Crippen LogP contribution in [0.1, 0.15) is 24.2 Å². The summed E-state index contributed by atoms with van der Waals surface area (Å²) in [4.78, 5) is 23.3.